The summed E-state index contributed by atoms with van der Waals surface area (Å²) in [4.78, 5) is 6.92. The lowest BCUT2D eigenvalue weighted by molar-refractivity contribution is 0.257. The Bertz CT molecular complexity index is 573. The number of fused-ring (bicyclic) bond motifs is 1. The average Bonchev–Trinajstić information content (AvgIpc) is 2.58. The highest BCUT2D eigenvalue weighted by Crippen LogP contribution is 2.24. The zero-order chi connectivity index (χ0) is 13.2. The van der Waals surface area contributed by atoms with E-state index >= 15 is 0 Å². The predicted octanol–water partition coefficient (Wildman–Crippen LogP) is 2.58. The molecule has 0 saturated carbocycles. The van der Waals surface area contributed by atoms with E-state index in [1.54, 1.807) is 0 Å². The Balaban J connectivity index is 1.83. The molecule has 1 N–H and O–H groups in total. The third-order valence-corrected chi connectivity index (χ3v) is 3.69. The van der Waals surface area contributed by atoms with Gasteiger partial charge in [0, 0.05) is 18.1 Å². The number of nitrogens with zero attached hydrogens (tertiary/aromatic N) is 2. The molecule has 1 aliphatic rings. The molecule has 1 aliphatic heterocycles. The summed E-state index contributed by atoms with van der Waals surface area (Å²) >= 11 is 6.05. The van der Waals surface area contributed by atoms with Gasteiger partial charge < -0.3 is 9.73 Å². The minimum atomic E-state index is 0.712. The molecule has 0 radical (unpaired) electrons. The van der Waals surface area contributed by atoms with Gasteiger partial charge in [-0.15, -0.1) is 0 Å². The van der Waals surface area contributed by atoms with Crippen molar-refractivity contribution < 1.29 is 4.42 Å². The highest BCUT2D eigenvalue weighted by molar-refractivity contribution is 6.31. The van der Waals surface area contributed by atoms with Crippen molar-refractivity contribution in [2.75, 3.05) is 26.2 Å². The summed E-state index contributed by atoms with van der Waals surface area (Å²) < 4.78 is 5.87. The van der Waals surface area contributed by atoms with E-state index in [0.717, 1.165) is 55.3 Å². The van der Waals surface area contributed by atoms with Crippen LogP contribution < -0.4 is 5.32 Å². The van der Waals surface area contributed by atoms with Gasteiger partial charge in [-0.25, -0.2) is 4.98 Å². The van der Waals surface area contributed by atoms with E-state index in [4.69, 9.17) is 16.0 Å². The average molecular weight is 280 g/mol. The number of rotatable bonds is 2. The Morgan fingerprint density at radius 2 is 2.26 bits per heavy atom. The molecule has 0 bridgehead atoms. The fourth-order valence-corrected chi connectivity index (χ4v) is 2.79. The van der Waals surface area contributed by atoms with E-state index in [9.17, 15) is 0 Å². The molecule has 2 aromatic rings. The van der Waals surface area contributed by atoms with E-state index in [1.165, 1.54) is 6.42 Å². The number of hydrogen-bond donors (Lipinski definition) is 1. The van der Waals surface area contributed by atoms with E-state index in [0.29, 0.717) is 5.02 Å². The highest BCUT2D eigenvalue weighted by Gasteiger charge is 2.14. The number of nitrogens with one attached hydrogen (secondary N) is 1. The number of aryl methyl sites for hydroxylation is 1. The zero-order valence-electron chi connectivity index (χ0n) is 11.1. The first-order valence-corrected chi connectivity index (χ1v) is 7.09. The Kier molecular flexibility index (Phi) is 3.73. The largest absolute Gasteiger partial charge is 0.439 e. The minimum absolute atomic E-state index is 0.712. The molecule has 1 saturated heterocycles. The molecule has 0 aliphatic carbocycles. The molecule has 0 unspecified atom stereocenters. The monoisotopic (exact) mass is 279 g/mol. The zero-order valence-corrected chi connectivity index (χ0v) is 11.8. The first-order chi connectivity index (χ1) is 9.22. The lowest BCUT2D eigenvalue weighted by atomic mass is 10.2. The summed E-state index contributed by atoms with van der Waals surface area (Å²) in [6.07, 6.45) is 1.17. The Morgan fingerprint density at radius 1 is 1.37 bits per heavy atom. The predicted molar refractivity (Wildman–Crippen MR) is 76.5 cm³/mol. The smallest absolute Gasteiger partial charge is 0.209 e. The SMILES string of the molecule is Cc1cc(Cl)cc2nc(CN3CCCNCC3)oc12. The van der Waals surface area contributed by atoms with Crippen molar-refractivity contribution in [2.45, 2.75) is 19.9 Å². The van der Waals surface area contributed by atoms with Gasteiger partial charge in [0.15, 0.2) is 5.58 Å². The summed E-state index contributed by atoms with van der Waals surface area (Å²) in [5.41, 5.74) is 2.75. The quantitative estimate of drug-likeness (QED) is 0.917. The summed E-state index contributed by atoms with van der Waals surface area (Å²) in [6, 6.07) is 3.77. The topological polar surface area (TPSA) is 41.3 Å². The molecule has 1 aromatic heterocycles. The number of halogens is 1. The van der Waals surface area contributed by atoms with Gasteiger partial charge in [-0.3, -0.25) is 4.90 Å². The van der Waals surface area contributed by atoms with Crippen LogP contribution in [0.5, 0.6) is 0 Å². The molecule has 0 atom stereocenters. The molecule has 5 heteroatoms. The van der Waals surface area contributed by atoms with Crippen LogP contribution in [0.3, 0.4) is 0 Å². The second-order valence-corrected chi connectivity index (χ2v) is 5.49. The van der Waals surface area contributed by atoms with Crippen LogP contribution in [0.4, 0.5) is 0 Å². The van der Waals surface area contributed by atoms with Crippen molar-refractivity contribution in [1.82, 2.24) is 15.2 Å². The molecule has 0 amide bonds. The van der Waals surface area contributed by atoms with E-state index in [1.807, 2.05) is 19.1 Å². The first kappa shape index (κ1) is 12.9. The molecule has 1 fully saturated rings. The van der Waals surface area contributed by atoms with Crippen molar-refractivity contribution in [1.29, 1.82) is 0 Å². The van der Waals surface area contributed by atoms with Gasteiger partial charge in [0.25, 0.3) is 0 Å². The van der Waals surface area contributed by atoms with Crippen molar-refractivity contribution in [3.05, 3.63) is 28.6 Å². The first-order valence-electron chi connectivity index (χ1n) is 6.71. The summed E-state index contributed by atoms with van der Waals surface area (Å²) in [7, 11) is 0. The number of benzene rings is 1. The van der Waals surface area contributed by atoms with Gasteiger partial charge in [0.2, 0.25) is 5.89 Å². The summed E-state index contributed by atoms with van der Waals surface area (Å²) in [6.45, 7) is 7.03. The maximum absolute atomic E-state index is 6.05. The van der Waals surface area contributed by atoms with Gasteiger partial charge >= 0.3 is 0 Å². The van der Waals surface area contributed by atoms with Crippen molar-refractivity contribution in [3.8, 4) is 0 Å². The third-order valence-electron chi connectivity index (χ3n) is 3.48. The van der Waals surface area contributed by atoms with Crippen LogP contribution in [0.1, 0.15) is 17.9 Å². The van der Waals surface area contributed by atoms with Crippen LogP contribution in [0.2, 0.25) is 5.02 Å². The van der Waals surface area contributed by atoms with E-state index in [-0.39, 0.29) is 0 Å². The fraction of sp³-hybridized carbons (Fsp3) is 0.500. The second kappa shape index (κ2) is 5.49. The number of aromatic nitrogens is 1. The molecular formula is C14H18ClN3O. The number of hydrogen-bond acceptors (Lipinski definition) is 4. The molecule has 1 aromatic carbocycles. The lowest BCUT2D eigenvalue weighted by Crippen LogP contribution is -2.27. The molecule has 4 nitrogen and oxygen atoms in total. The van der Waals surface area contributed by atoms with Crippen LogP contribution in [0, 0.1) is 6.92 Å². The van der Waals surface area contributed by atoms with Gasteiger partial charge in [-0.05, 0) is 44.1 Å². The standard InChI is InChI=1S/C14H18ClN3O/c1-10-7-11(15)8-12-14(10)19-13(17-12)9-18-5-2-3-16-4-6-18/h7-8,16H,2-6,9H2,1H3. The Morgan fingerprint density at radius 3 is 3.16 bits per heavy atom. The summed E-state index contributed by atoms with van der Waals surface area (Å²) in [5.74, 6) is 0.780. The van der Waals surface area contributed by atoms with Crippen molar-refractivity contribution in [3.63, 3.8) is 0 Å². The molecule has 3 rings (SSSR count). The van der Waals surface area contributed by atoms with Crippen LogP contribution in [-0.2, 0) is 6.54 Å². The molecule has 2 heterocycles. The van der Waals surface area contributed by atoms with Gasteiger partial charge in [-0.2, -0.15) is 0 Å². The molecule has 19 heavy (non-hydrogen) atoms. The molecular weight excluding hydrogens is 262 g/mol. The number of oxazole rings is 1. The van der Waals surface area contributed by atoms with Gasteiger partial charge in [-0.1, -0.05) is 11.6 Å². The van der Waals surface area contributed by atoms with Crippen LogP contribution in [0.25, 0.3) is 11.1 Å². The minimum Gasteiger partial charge on any atom is -0.439 e. The van der Waals surface area contributed by atoms with Gasteiger partial charge in [0.05, 0.1) is 6.54 Å². The second-order valence-electron chi connectivity index (χ2n) is 5.06. The maximum Gasteiger partial charge on any atom is 0.209 e. The van der Waals surface area contributed by atoms with Crippen LogP contribution in [-0.4, -0.2) is 36.1 Å². The maximum atomic E-state index is 6.05. The van der Waals surface area contributed by atoms with Crippen molar-refractivity contribution >= 4 is 22.7 Å². The molecule has 0 spiro atoms. The Labute approximate surface area is 117 Å². The normalized spacial score (nSPS) is 17.8. The van der Waals surface area contributed by atoms with E-state index in [2.05, 4.69) is 15.2 Å². The third kappa shape index (κ3) is 2.91. The Hall–Kier alpha value is -1.10. The highest BCUT2D eigenvalue weighted by atomic mass is 35.5. The van der Waals surface area contributed by atoms with Crippen LogP contribution in [0.15, 0.2) is 16.5 Å². The lowest BCUT2D eigenvalue weighted by Gasteiger charge is -2.16. The van der Waals surface area contributed by atoms with E-state index < -0.39 is 0 Å². The van der Waals surface area contributed by atoms with Gasteiger partial charge in [0.1, 0.15) is 5.52 Å². The van der Waals surface area contributed by atoms with Crippen molar-refractivity contribution in [2.24, 2.45) is 0 Å². The fourth-order valence-electron chi connectivity index (χ4n) is 2.52. The molecule has 102 valence electrons. The summed E-state index contributed by atoms with van der Waals surface area (Å²) in [5, 5.41) is 4.11. The van der Waals surface area contributed by atoms with Crippen LogP contribution >= 0.6 is 11.6 Å².